The number of hydrogen-bond acceptors (Lipinski definition) is 4. The Morgan fingerprint density at radius 3 is 2.81 bits per heavy atom. The van der Waals surface area contributed by atoms with E-state index in [1.165, 1.54) is 18.2 Å². The second-order valence-corrected chi connectivity index (χ2v) is 4.30. The van der Waals surface area contributed by atoms with Crippen LogP contribution in [0.5, 0.6) is 5.75 Å². The van der Waals surface area contributed by atoms with Crippen molar-refractivity contribution < 1.29 is 14.6 Å². The predicted octanol–water partition coefficient (Wildman–Crippen LogP) is 1.52. The topological polar surface area (TPSA) is 91.4 Å². The highest BCUT2D eigenvalue weighted by Gasteiger charge is 2.09. The average molecular weight is 288 g/mol. The fourth-order valence-corrected chi connectivity index (χ4v) is 1.86. The van der Waals surface area contributed by atoms with Crippen molar-refractivity contribution in [2.75, 3.05) is 11.9 Å². The van der Waals surface area contributed by atoms with Crippen molar-refractivity contribution in [2.24, 2.45) is 0 Å². The SMILES string of the molecule is CCOc1ccc(NC(=O)c2cccc(=O)[nH]2)cc1CO. The van der Waals surface area contributed by atoms with Crippen molar-refractivity contribution >= 4 is 11.6 Å². The number of pyridine rings is 1. The van der Waals surface area contributed by atoms with Crippen LogP contribution in [0, 0.1) is 0 Å². The van der Waals surface area contributed by atoms with Gasteiger partial charge in [0.2, 0.25) is 5.56 Å². The van der Waals surface area contributed by atoms with Gasteiger partial charge in [-0.1, -0.05) is 6.07 Å². The molecule has 6 heteroatoms. The lowest BCUT2D eigenvalue weighted by atomic mass is 10.2. The molecule has 0 saturated carbocycles. The van der Waals surface area contributed by atoms with E-state index in [0.717, 1.165) is 0 Å². The molecule has 0 atom stereocenters. The van der Waals surface area contributed by atoms with Gasteiger partial charge in [0.25, 0.3) is 5.91 Å². The molecule has 3 N–H and O–H groups in total. The van der Waals surface area contributed by atoms with Crippen LogP contribution in [-0.4, -0.2) is 22.6 Å². The van der Waals surface area contributed by atoms with Crippen LogP contribution in [0.1, 0.15) is 23.0 Å². The van der Waals surface area contributed by atoms with Crippen LogP contribution in [0.15, 0.2) is 41.2 Å². The quantitative estimate of drug-likeness (QED) is 0.778. The summed E-state index contributed by atoms with van der Waals surface area (Å²) < 4.78 is 5.37. The van der Waals surface area contributed by atoms with Crippen molar-refractivity contribution in [3.8, 4) is 5.75 Å². The van der Waals surface area contributed by atoms with Gasteiger partial charge in [-0.05, 0) is 31.2 Å². The number of anilines is 1. The number of carbonyl (C=O) groups is 1. The van der Waals surface area contributed by atoms with Crippen molar-refractivity contribution in [2.45, 2.75) is 13.5 Å². The molecular formula is C15H16N2O4. The van der Waals surface area contributed by atoms with Crippen LogP contribution in [-0.2, 0) is 6.61 Å². The number of hydrogen-bond donors (Lipinski definition) is 3. The maximum absolute atomic E-state index is 12.0. The summed E-state index contributed by atoms with van der Waals surface area (Å²) in [7, 11) is 0. The van der Waals surface area contributed by atoms with Gasteiger partial charge in [-0.15, -0.1) is 0 Å². The van der Waals surface area contributed by atoms with E-state index in [-0.39, 0.29) is 17.9 Å². The Kier molecular flexibility index (Phi) is 4.73. The molecule has 1 heterocycles. The van der Waals surface area contributed by atoms with Crippen LogP contribution in [0.4, 0.5) is 5.69 Å². The van der Waals surface area contributed by atoms with E-state index in [2.05, 4.69) is 10.3 Å². The molecule has 2 rings (SSSR count). The molecule has 2 aromatic rings. The van der Waals surface area contributed by atoms with Crippen molar-refractivity contribution in [3.63, 3.8) is 0 Å². The Labute approximate surface area is 121 Å². The van der Waals surface area contributed by atoms with Gasteiger partial charge in [0.15, 0.2) is 0 Å². The van der Waals surface area contributed by atoms with Crippen LogP contribution in [0.25, 0.3) is 0 Å². The number of rotatable bonds is 5. The van der Waals surface area contributed by atoms with E-state index >= 15 is 0 Å². The van der Waals surface area contributed by atoms with Gasteiger partial charge in [0.1, 0.15) is 11.4 Å². The van der Waals surface area contributed by atoms with Gasteiger partial charge in [-0.3, -0.25) is 9.59 Å². The lowest BCUT2D eigenvalue weighted by molar-refractivity contribution is 0.102. The summed E-state index contributed by atoms with van der Waals surface area (Å²) in [6, 6.07) is 9.33. The number of aliphatic hydroxyl groups is 1. The highest BCUT2D eigenvalue weighted by atomic mass is 16.5. The zero-order valence-corrected chi connectivity index (χ0v) is 11.6. The first-order valence-electron chi connectivity index (χ1n) is 6.51. The minimum atomic E-state index is -0.430. The maximum atomic E-state index is 12.0. The molecule has 0 fully saturated rings. The zero-order chi connectivity index (χ0) is 15.2. The Bertz CT molecular complexity index is 694. The van der Waals surface area contributed by atoms with Crippen LogP contribution in [0.2, 0.25) is 0 Å². The molecule has 1 aromatic heterocycles. The molecule has 0 aliphatic carbocycles. The second-order valence-electron chi connectivity index (χ2n) is 4.30. The second kappa shape index (κ2) is 6.71. The third kappa shape index (κ3) is 3.70. The first-order valence-corrected chi connectivity index (χ1v) is 6.51. The number of ether oxygens (including phenoxy) is 1. The van der Waals surface area contributed by atoms with E-state index in [4.69, 9.17) is 4.74 Å². The van der Waals surface area contributed by atoms with Gasteiger partial charge in [-0.25, -0.2) is 0 Å². The molecule has 0 radical (unpaired) electrons. The zero-order valence-electron chi connectivity index (χ0n) is 11.6. The summed E-state index contributed by atoms with van der Waals surface area (Å²) in [6.07, 6.45) is 0. The van der Waals surface area contributed by atoms with Gasteiger partial charge >= 0.3 is 0 Å². The Hall–Kier alpha value is -2.60. The molecule has 0 unspecified atom stereocenters. The molecule has 0 spiro atoms. The number of aliphatic hydroxyl groups excluding tert-OH is 1. The third-order valence-electron chi connectivity index (χ3n) is 2.80. The van der Waals surface area contributed by atoms with Gasteiger partial charge in [0, 0.05) is 17.3 Å². The smallest absolute Gasteiger partial charge is 0.272 e. The maximum Gasteiger partial charge on any atom is 0.272 e. The average Bonchev–Trinajstić information content (AvgIpc) is 2.49. The normalized spacial score (nSPS) is 10.2. The number of H-pyrrole nitrogens is 1. The van der Waals surface area contributed by atoms with E-state index in [1.54, 1.807) is 18.2 Å². The molecule has 110 valence electrons. The Balaban J connectivity index is 2.19. The first kappa shape index (κ1) is 14.8. The molecular weight excluding hydrogens is 272 g/mol. The van der Waals surface area contributed by atoms with E-state index in [1.807, 2.05) is 6.92 Å². The highest BCUT2D eigenvalue weighted by molar-refractivity contribution is 6.02. The molecule has 0 aliphatic rings. The summed E-state index contributed by atoms with van der Waals surface area (Å²) in [5.41, 5.74) is 0.917. The summed E-state index contributed by atoms with van der Waals surface area (Å²) >= 11 is 0. The van der Waals surface area contributed by atoms with Gasteiger partial charge < -0.3 is 20.1 Å². The van der Waals surface area contributed by atoms with Crippen LogP contribution >= 0.6 is 0 Å². The number of amides is 1. The standard InChI is InChI=1S/C15H16N2O4/c1-2-21-13-7-6-11(8-10(13)9-18)16-15(20)12-4-3-5-14(19)17-12/h3-8,18H,2,9H2,1H3,(H,16,20)(H,17,19). The molecule has 0 saturated heterocycles. The van der Waals surface area contributed by atoms with Gasteiger partial charge in [0.05, 0.1) is 13.2 Å². The van der Waals surface area contributed by atoms with E-state index < -0.39 is 5.91 Å². The van der Waals surface area contributed by atoms with E-state index in [0.29, 0.717) is 23.6 Å². The summed E-state index contributed by atoms with van der Waals surface area (Å²) in [5.74, 6) is 0.145. The third-order valence-corrected chi connectivity index (χ3v) is 2.80. The lowest BCUT2D eigenvalue weighted by Gasteiger charge is -2.11. The number of aromatic nitrogens is 1. The van der Waals surface area contributed by atoms with Crippen LogP contribution in [0.3, 0.4) is 0 Å². The summed E-state index contributed by atoms with van der Waals surface area (Å²) in [4.78, 5) is 25.6. The number of carbonyl (C=O) groups excluding carboxylic acids is 1. The fourth-order valence-electron chi connectivity index (χ4n) is 1.86. The number of nitrogens with one attached hydrogen (secondary N) is 2. The monoisotopic (exact) mass is 288 g/mol. The minimum absolute atomic E-state index is 0.168. The lowest BCUT2D eigenvalue weighted by Crippen LogP contribution is -2.18. The van der Waals surface area contributed by atoms with Crippen molar-refractivity contribution in [1.29, 1.82) is 0 Å². The largest absolute Gasteiger partial charge is 0.494 e. The summed E-state index contributed by atoms with van der Waals surface area (Å²) in [6.45, 7) is 2.15. The highest BCUT2D eigenvalue weighted by Crippen LogP contribution is 2.23. The number of benzene rings is 1. The van der Waals surface area contributed by atoms with Crippen molar-refractivity contribution in [1.82, 2.24) is 4.98 Å². The summed E-state index contributed by atoms with van der Waals surface area (Å²) in [5, 5.41) is 12.0. The fraction of sp³-hybridized carbons (Fsp3) is 0.200. The molecule has 1 aromatic carbocycles. The molecule has 0 aliphatic heterocycles. The van der Waals surface area contributed by atoms with Crippen LogP contribution < -0.4 is 15.6 Å². The minimum Gasteiger partial charge on any atom is -0.494 e. The molecule has 21 heavy (non-hydrogen) atoms. The molecule has 6 nitrogen and oxygen atoms in total. The Morgan fingerprint density at radius 2 is 2.14 bits per heavy atom. The molecule has 1 amide bonds. The predicted molar refractivity (Wildman–Crippen MR) is 78.5 cm³/mol. The Morgan fingerprint density at radius 1 is 1.33 bits per heavy atom. The molecule has 0 bridgehead atoms. The van der Waals surface area contributed by atoms with Gasteiger partial charge in [-0.2, -0.15) is 0 Å². The first-order chi connectivity index (χ1) is 10.1. The number of aromatic amines is 1. The van der Waals surface area contributed by atoms with E-state index in [9.17, 15) is 14.7 Å². The van der Waals surface area contributed by atoms with Crippen molar-refractivity contribution in [3.05, 3.63) is 58.0 Å².